The number of anilines is 1. The Labute approximate surface area is 137 Å². The molecule has 0 saturated heterocycles. The first-order valence-electron chi connectivity index (χ1n) is 6.56. The van der Waals surface area contributed by atoms with Gasteiger partial charge in [0.05, 0.1) is 0 Å². The smallest absolute Gasteiger partial charge is 0.0351 e. The molecule has 0 aromatic heterocycles. The summed E-state index contributed by atoms with van der Waals surface area (Å²) < 4.78 is 2.23. The lowest BCUT2D eigenvalue weighted by Crippen LogP contribution is -2.24. The highest BCUT2D eigenvalue weighted by atomic mass is 79.9. The molecule has 0 aliphatic rings. The molecular formula is C16H18Br2N2. The van der Waals surface area contributed by atoms with Crippen LogP contribution >= 0.6 is 31.9 Å². The topological polar surface area (TPSA) is 15.3 Å². The average Bonchev–Trinajstić information content (AvgIpc) is 2.41. The number of hydrogen-bond acceptors (Lipinski definition) is 2. The number of nitrogens with zero attached hydrogens (tertiary/aromatic N) is 1. The zero-order chi connectivity index (χ0) is 14.4. The molecule has 2 aromatic carbocycles. The zero-order valence-corrected chi connectivity index (χ0v) is 14.6. The molecule has 0 fully saturated rings. The van der Waals surface area contributed by atoms with E-state index in [1.165, 1.54) is 5.56 Å². The van der Waals surface area contributed by atoms with E-state index >= 15 is 0 Å². The van der Waals surface area contributed by atoms with E-state index in [1.807, 2.05) is 12.1 Å². The minimum absolute atomic E-state index is 0.934. The van der Waals surface area contributed by atoms with Crippen molar-refractivity contribution in [2.45, 2.75) is 6.54 Å². The SMILES string of the molecule is CN(CCNc1cccc(Br)c1)Cc1ccc(Br)cc1. The largest absolute Gasteiger partial charge is 0.384 e. The van der Waals surface area contributed by atoms with Crippen molar-refractivity contribution in [1.29, 1.82) is 0 Å². The molecule has 2 nitrogen and oxygen atoms in total. The third-order valence-electron chi connectivity index (χ3n) is 3.01. The molecule has 2 aromatic rings. The lowest BCUT2D eigenvalue weighted by molar-refractivity contribution is 0.340. The maximum absolute atomic E-state index is 3.48. The van der Waals surface area contributed by atoms with Crippen LogP contribution in [0.4, 0.5) is 5.69 Å². The van der Waals surface area contributed by atoms with E-state index in [-0.39, 0.29) is 0 Å². The minimum Gasteiger partial charge on any atom is -0.384 e. The van der Waals surface area contributed by atoms with Crippen molar-refractivity contribution in [2.24, 2.45) is 0 Å². The monoisotopic (exact) mass is 396 g/mol. The highest BCUT2D eigenvalue weighted by Crippen LogP contribution is 2.15. The third kappa shape index (κ3) is 5.27. The van der Waals surface area contributed by atoms with Crippen LogP contribution in [0.1, 0.15) is 5.56 Å². The summed E-state index contributed by atoms with van der Waals surface area (Å²) in [5, 5.41) is 3.43. The molecule has 0 saturated carbocycles. The van der Waals surface area contributed by atoms with Crippen LogP contribution in [-0.2, 0) is 6.54 Å². The van der Waals surface area contributed by atoms with Crippen molar-refractivity contribution in [1.82, 2.24) is 4.90 Å². The van der Waals surface area contributed by atoms with Gasteiger partial charge in [-0.3, -0.25) is 0 Å². The summed E-state index contributed by atoms with van der Waals surface area (Å²) in [4.78, 5) is 2.31. The number of hydrogen-bond donors (Lipinski definition) is 1. The van der Waals surface area contributed by atoms with Gasteiger partial charge in [0, 0.05) is 34.3 Å². The van der Waals surface area contributed by atoms with Crippen molar-refractivity contribution >= 4 is 37.5 Å². The molecule has 106 valence electrons. The minimum atomic E-state index is 0.934. The summed E-state index contributed by atoms with van der Waals surface area (Å²) in [6, 6.07) is 16.7. The van der Waals surface area contributed by atoms with Gasteiger partial charge < -0.3 is 10.2 Å². The van der Waals surface area contributed by atoms with Crippen LogP contribution in [0.3, 0.4) is 0 Å². The van der Waals surface area contributed by atoms with Crippen LogP contribution in [0.2, 0.25) is 0 Å². The fraction of sp³-hybridized carbons (Fsp3) is 0.250. The highest BCUT2D eigenvalue weighted by Gasteiger charge is 2.00. The Morgan fingerprint density at radius 3 is 2.45 bits per heavy atom. The van der Waals surface area contributed by atoms with E-state index in [0.29, 0.717) is 0 Å². The van der Waals surface area contributed by atoms with Gasteiger partial charge >= 0.3 is 0 Å². The van der Waals surface area contributed by atoms with Crippen molar-refractivity contribution in [3.63, 3.8) is 0 Å². The van der Waals surface area contributed by atoms with Gasteiger partial charge in [-0.05, 0) is 42.9 Å². The predicted molar refractivity (Wildman–Crippen MR) is 93.1 cm³/mol. The molecule has 0 spiro atoms. The van der Waals surface area contributed by atoms with Crippen LogP contribution < -0.4 is 5.32 Å². The lowest BCUT2D eigenvalue weighted by Gasteiger charge is -2.17. The number of nitrogens with one attached hydrogen (secondary N) is 1. The molecule has 0 aliphatic carbocycles. The van der Waals surface area contributed by atoms with Gasteiger partial charge in [0.2, 0.25) is 0 Å². The standard InChI is InChI=1S/C16H18Br2N2/c1-20(12-13-5-7-14(17)8-6-13)10-9-19-16-4-2-3-15(18)11-16/h2-8,11,19H,9-10,12H2,1H3. The Balaban J connectivity index is 1.75. The van der Waals surface area contributed by atoms with Crippen molar-refractivity contribution in [3.8, 4) is 0 Å². The van der Waals surface area contributed by atoms with Gasteiger partial charge in [-0.25, -0.2) is 0 Å². The zero-order valence-electron chi connectivity index (χ0n) is 11.4. The van der Waals surface area contributed by atoms with E-state index < -0.39 is 0 Å². The second-order valence-electron chi connectivity index (χ2n) is 4.80. The van der Waals surface area contributed by atoms with Gasteiger partial charge in [-0.15, -0.1) is 0 Å². The molecule has 1 N–H and O–H groups in total. The van der Waals surface area contributed by atoms with Crippen LogP contribution in [0.25, 0.3) is 0 Å². The molecule has 0 amide bonds. The molecule has 0 aliphatic heterocycles. The summed E-state index contributed by atoms with van der Waals surface area (Å²) in [5.74, 6) is 0. The summed E-state index contributed by atoms with van der Waals surface area (Å²) in [5.41, 5.74) is 2.48. The van der Waals surface area contributed by atoms with Gasteiger partial charge in [-0.1, -0.05) is 50.1 Å². The van der Waals surface area contributed by atoms with Crippen LogP contribution in [-0.4, -0.2) is 25.0 Å². The highest BCUT2D eigenvalue weighted by molar-refractivity contribution is 9.10. The van der Waals surface area contributed by atoms with E-state index in [2.05, 4.69) is 85.5 Å². The maximum Gasteiger partial charge on any atom is 0.0351 e. The van der Waals surface area contributed by atoms with Crippen LogP contribution in [0.5, 0.6) is 0 Å². The fourth-order valence-electron chi connectivity index (χ4n) is 1.97. The fourth-order valence-corrected chi connectivity index (χ4v) is 2.63. The second kappa shape index (κ2) is 7.81. The number of likely N-dealkylation sites (N-methyl/N-ethyl adjacent to an activating group) is 1. The van der Waals surface area contributed by atoms with Gasteiger partial charge in [-0.2, -0.15) is 0 Å². The Morgan fingerprint density at radius 2 is 1.75 bits per heavy atom. The Kier molecular flexibility index (Phi) is 6.07. The molecule has 20 heavy (non-hydrogen) atoms. The number of benzene rings is 2. The molecule has 0 atom stereocenters. The molecule has 4 heteroatoms. The first-order valence-corrected chi connectivity index (χ1v) is 8.14. The maximum atomic E-state index is 3.48. The summed E-state index contributed by atoms with van der Waals surface area (Å²) >= 11 is 6.94. The first kappa shape index (κ1) is 15.5. The van der Waals surface area contributed by atoms with E-state index in [4.69, 9.17) is 0 Å². The van der Waals surface area contributed by atoms with Crippen LogP contribution in [0, 0.1) is 0 Å². The summed E-state index contributed by atoms with van der Waals surface area (Å²) in [6.45, 7) is 2.90. The van der Waals surface area contributed by atoms with Crippen molar-refractivity contribution in [3.05, 3.63) is 63.0 Å². The number of rotatable bonds is 6. The molecule has 0 bridgehead atoms. The second-order valence-corrected chi connectivity index (χ2v) is 6.63. The molecular weight excluding hydrogens is 380 g/mol. The van der Waals surface area contributed by atoms with E-state index in [9.17, 15) is 0 Å². The first-order chi connectivity index (χ1) is 9.63. The summed E-state index contributed by atoms with van der Waals surface area (Å²) in [7, 11) is 2.14. The summed E-state index contributed by atoms with van der Waals surface area (Å²) in [6.07, 6.45) is 0. The molecule has 0 unspecified atom stereocenters. The predicted octanol–water partition coefficient (Wildman–Crippen LogP) is 4.76. The quantitative estimate of drug-likeness (QED) is 0.756. The normalized spacial score (nSPS) is 10.8. The van der Waals surface area contributed by atoms with Gasteiger partial charge in [0.25, 0.3) is 0 Å². The van der Waals surface area contributed by atoms with E-state index in [1.54, 1.807) is 0 Å². The Bertz CT molecular complexity index is 540. The third-order valence-corrected chi connectivity index (χ3v) is 4.03. The van der Waals surface area contributed by atoms with E-state index in [0.717, 1.165) is 34.3 Å². The molecule has 2 rings (SSSR count). The molecule has 0 radical (unpaired) electrons. The van der Waals surface area contributed by atoms with Gasteiger partial charge in [0.1, 0.15) is 0 Å². The number of halogens is 2. The average molecular weight is 398 g/mol. The van der Waals surface area contributed by atoms with Crippen molar-refractivity contribution in [2.75, 3.05) is 25.5 Å². The Hall–Kier alpha value is -0.840. The van der Waals surface area contributed by atoms with Gasteiger partial charge in [0.15, 0.2) is 0 Å². The lowest BCUT2D eigenvalue weighted by atomic mass is 10.2. The Morgan fingerprint density at radius 1 is 1.00 bits per heavy atom. The molecule has 0 heterocycles. The van der Waals surface area contributed by atoms with Crippen LogP contribution in [0.15, 0.2) is 57.5 Å². The van der Waals surface area contributed by atoms with Crippen molar-refractivity contribution < 1.29 is 0 Å².